The fraction of sp³-hybridized carbons (Fsp3) is 0.375. The lowest BCUT2D eigenvalue weighted by atomic mass is 10.3. The van der Waals surface area contributed by atoms with Crippen LogP contribution in [0.2, 0.25) is 5.15 Å². The zero-order valence-electron chi connectivity index (χ0n) is 7.71. The van der Waals surface area contributed by atoms with Crippen LogP contribution < -0.4 is 0 Å². The normalized spacial score (nSPS) is 9.85. The molecule has 0 saturated carbocycles. The SMILES string of the molecule is Cc1cc(C(=O)N(C)C)nnc1Cl. The lowest BCUT2D eigenvalue weighted by molar-refractivity contribution is 0.0820. The van der Waals surface area contributed by atoms with E-state index in [0.29, 0.717) is 10.8 Å². The van der Waals surface area contributed by atoms with Crippen LogP contribution in [0, 0.1) is 6.92 Å². The molecule has 1 heterocycles. The molecule has 0 aliphatic heterocycles. The van der Waals surface area contributed by atoms with Crippen LogP contribution in [0.15, 0.2) is 6.07 Å². The van der Waals surface area contributed by atoms with E-state index in [4.69, 9.17) is 11.6 Å². The van der Waals surface area contributed by atoms with Crippen LogP contribution in [0.3, 0.4) is 0 Å². The largest absolute Gasteiger partial charge is 0.343 e. The summed E-state index contributed by atoms with van der Waals surface area (Å²) in [7, 11) is 3.32. The molecule has 0 aliphatic carbocycles. The second-order valence-electron chi connectivity index (χ2n) is 2.90. The van der Waals surface area contributed by atoms with E-state index in [-0.39, 0.29) is 5.91 Å². The van der Waals surface area contributed by atoms with Gasteiger partial charge in [-0.1, -0.05) is 11.6 Å². The highest BCUT2D eigenvalue weighted by Crippen LogP contribution is 2.11. The summed E-state index contributed by atoms with van der Waals surface area (Å²) in [6.07, 6.45) is 0. The molecule has 0 radical (unpaired) electrons. The van der Waals surface area contributed by atoms with Crippen molar-refractivity contribution in [3.05, 3.63) is 22.5 Å². The molecule has 1 aromatic heterocycles. The third kappa shape index (κ3) is 2.15. The zero-order valence-corrected chi connectivity index (χ0v) is 8.46. The van der Waals surface area contributed by atoms with Crippen LogP contribution in [0.25, 0.3) is 0 Å². The molecule has 0 aromatic carbocycles. The second kappa shape index (κ2) is 3.70. The van der Waals surface area contributed by atoms with E-state index in [2.05, 4.69) is 10.2 Å². The summed E-state index contributed by atoms with van der Waals surface area (Å²) in [5.41, 5.74) is 1.06. The van der Waals surface area contributed by atoms with E-state index in [0.717, 1.165) is 5.56 Å². The Morgan fingerprint density at radius 3 is 2.54 bits per heavy atom. The molecule has 0 bridgehead atoms. The molecule has 0 N–H and O–H groups in total. The van der Waals surface area contributed by atoms with Gasteiger partial charge in [0.25, 0.3) is 5.91 Å². The van der Waals surface area contributed by atoms with Crippen molar-refractivity contribution in [3.8, 4) is 0 Å². The van der Waals surface area contributed by atoms with Crippen molar-refractivity contribution >= 4 is 17.5 Å². The maximum absolute atomic E-state index is 11.4. The molecule has 0 saturated heterocycles. The summed E-state index contributed by atoms with van der Waals surface area (Å²) in [6.45, 7) is 1.78. The maximum Gasteiger partial charge on any atom is 0.273 e. The van der Waals surface area contributed by atoms with Gasteiger partial charge in [-0.05, 0) is 18.6 Å². The fourth-order valence-electron chi connectivity index (χ4n) is 0.804. The Morgan fingerprint density at radius 1 is 1.46 bits per heavy atom. The van der Waals surface area contributed by atoms with Crippen molar-refractivity contribution in [3.63, 3.8) is 0 Å². The fourth-order valence-corrected chi connectivity index (χ4v) is 0.896. The van der Waals surface area contributed by atoms with E-state index < -0.39 is 0 Å². The molecule has 4 nitrogen and oxygen atoms in total. The average molecular weight is 200 g/mol. The molecule has 0 atom stereocenters. The first-order valence-electron chi connectivity index (χ1n) is 3.74. The first-order chi connectivity index (χ1) is 6.02. The number of carbonyl (C=O) groups excluding carboxylic acids is 1. The number of carbonyl (C=O) groups is 1. The number of nitrogens with zero attached hydrogens (tertiary/aromatic N) is 3. The molecule has 0 fully saturated rings. The Kier molecular flexibility index (Phi) is 2.83. The Bertz CT molecular complexity index is 338. The monoisotopic (exact) mass is 199 g/mol. The van der Waals surface area contributed by atoms with Gasteiger partial charge in [-0.2, -0.15) is 0 Å². The van der Waals surface area contributed by atoms with Crippen molar-refractivity contribution in [1.82, 2.24) is 15.1 Å². The number of amides is 1. The van der Waals surface area contributed by atoms with Gasteiger partial charge in [0.05, 0.1) is 0 Å². The highest BCUT2D eigenvalue weighted by molar-refractivity contribution is 6.30. The number of halogens is 1. The van der Waals surface area contributed by atoms with Gasteiger partial charge >= 0.3 is 0 Å². The predicted molar refractivity (Wildman–Crippen MR) is 49.8 cm³/mol. The third-order valence-corrected chi connectivity index (χ3v) is 1.92. The summed E-state index contributed by atoms with van der Waals surface area (Å²) >= 11 is 5.67. The quantitative estimate of drug-likeness (QED) is 0.682. The van der Waals surface area contributed by atoms with Crippen LogP contribution in [-0.4, -0.2) is 35.1 Å². The van der Waals surface area contributed by atoms with Crippen LogP contribution in [0.1, 0.15) is 16.1 Å². The summed E-state index contributed by atoms with van der Waals surface area (Å²) in [5.74, 6) is -0.174. The molecule has 1 amide bonds. The van der Waals surface area contributed by atoms with E-state index in [1.807, 2.05) is 0 Å². The van der Waals surface area contributed by atoms with E-state index in [9.17, 15) is 4.79 Å². The van der Waals surface area contributed by atoms with Gasteiger partial charge in [-0.15, -0.1) is 10.2 Å². The minimum absolute atomic E-state index is 0.174. The summed E-state index contributed by atoms with van der Waals surface area (Å²) < 4.78 is 0. The topological polar surface area (TPSA) is 46.1 Å². The van der Waals surface area contributed by atoms with Crippen molar-refractivity contribution in [1.29, 1.82) is 0 Å². The summed E-state index contributed by atoms with van der Waals surface area (Å²) in [5, 5.41) is 7.67. The first kappa shape index (κ1) is 9.92. The van der Waals surface area contributed by atoms with Gasteiger partial charge in [0.2, 0.25) is 0 Å². The Balaban J connectivity index is 3.04. The Labute approximate surface area is 81.5 Å². The van der Waals surface area contributed by atoms with Gasteiger partial charge in [0.1, 0.15) is 0 Å². The number of hydrogen-bond acceptors (Lipinski definition) is 3. The highest BCUT2D eigenvalue weighted by atomic mass is 35.5. The highest BCUT2D eigenvalue weighted by Gasteiger charge is 2.11. The second-order valence-corrected chi connectivity index (χ2v) is 3.26. The minimum Gasteiger partial charge on any atom is -0.343 e. The molecule has 1 aromatic rings. The lowest BCUT2D eigenvalue weighted by Gasteiger charge is -2.08. The standard InChI is InChI=1S/C8H10ClN3O/c1-5-4-6(8(13)12(2)3)10-11-7(5)9/h4H,1-3H3. The summed E-state index contributed by atoms with van der Waals surface area (Å²) in [4.78, 5) is 12.8. The van der Waals surface area contributed by atoms with Crippen molar-refractivity contribution in [2.75, 3.05) is 14.1 Å². The molecule has 70 valence electrons. The van der Waals surface area contributed by atoms with E-state index in [1.165, 1.54) is 4.90 Å². The van der Waals surface area contributed by atoms with Crippen LogP contribution in [-0.2, 0) is 0 Å². The number of rotatable bonds is 1. The molecule has 1 rings (SSSR count). The molecule has 0 spiro atoms. The maximum atomic E-state index is 11.4. The average Bonchev–Trinajstić information content (AvgIpc) is 2.08. The smallest absolute Gasteiger partial charge is 0.273 e. The molecular formula is C8H10ClN3O. The van der Waals surface area contributed by atoms with Crippen LogP contribution in [0.5, 0.6) is 0 Å². The van der Waals surface area contributed by atoms with E-state index >= 15 is 0 Å². The molecular weight excluding hydrogens is 190 g/mol. The number of aromatic nitrogens is 2. The molecule has 0 aliphatic rings. The van der Waals surface area contributed by atoms with Crippen molar-refractivity contribution in [2.24, 2.45) is 0 Å². The summed E-state index contributed by atoms with van der Waals surface area (Å²) in [6, 6.07) is 1.62. The molecule has 13 heavy (non-hydrogen) atoms. The van der Waals surface area contributed by atoms with Crippen LogP contribution in [0.4, 0.5) is 0 Å². The first-order valence-corrected chi connectivity index (χ1v) is 4.11. The number of hydrogen-bond donors (Lipinski definition) is 0. The van der Waals surface area contributed by atoms with Crippen LogP contribution >= 0.6 is 11.6 Å². The van der Waals surface area contributed by atoms with Gasteiger partial charge in [-0.25, -0.2) is 0 Å². The molecule has 5 heteroatoms. The van der Waals surface area contributed by atoms with Gasteiger partial charge in [0, 0.05) is 14.1 Å². The minimum atomic E-state index is -0.174. The third-order valence-electron chi connectivity index (χ3n) is 1.55. The lowest BCUT2D eigenvalue weighted by Crippen LogP contribution is -2.23. The van der Waals surface area contributed by atoms with Crippen molar-refractivity contribution in [2.45, 2.75) is 6.92 Å². The van der Waals surface area contributed by atoms with Crippen molar-refractivity contribution < 1.29 is 4.79 Å². The van der Waals surface area contributed by atoms with E-state index in [1.54, 1.807) is 27.1 Å². The number of aryl methyl sites for hydroxylation is 1. The Hall–Kier alpha value is -1.16. The van der Waals surface area contributed by atoms with Gasteiger partial charge in [-0.3, -0.25) is 4.79 Å². The van der Waals surface area contributed by atoms with Gasteiger partial charge < -0.3 is 4.90 Å². The van der Waals surface area contributed by atoms with Gasteiger partial charge in [0.15, 0.2) is 10.8 Å². The predicted octanol–water partition coefficient (Wildman–Crippen LogP) is 1.14. The molecule has 0 unspecified atom stereocenters. The zero-order chi connectivity index (χ0) is 10.0. The Morgan fingerprint density at radius 2 is 2.08 bits per heavy atom.